The molecule has 0 spiro atoms. The van der Waals surface area contributed by atoms with Gasteiger partial charge in [0.1, 0.15) is 5.76 Å². The molecule has 0 unspecified atom stereocenters. The quantitative estimate of drug-likeness (QED) is 0.877. The van der Waals surface area contributed by atoms with Crippen molar-refractivity contribution in [3.05, 3.63) is 58.5 Å². The number of aryl methyl sites for hydroxylation is 1. The molecule has 0 radical (unpaired) electrons. The van der Waals surface area contributed by atoms with Crippen molar-refractivity contribution < 1.29 is 4.42 Å². The second-order valence-corrected chi connectivity index (χ2v) is 4.26. The molecule has 0 amide bonds. The summed E-state index contributed by atoms with van der Waals surface area (Å²) < 4.78 is 5.23. The van der Waals surface area contributed by atoms with Gasteiger partial charge in [0.15, 0.2) is 0 Å². The Labute approximate surface area is 100 Å². The molecule has 1 aromatic heterocycles. The van der Waals surface area contributed by atoms with Crippen LogP contribution in [0.2, 0.25) is 5.02 Å². The molecule has 2 rings (SSSR count). The van der Waals surface area contributed by atoms with E-state index in [1.807, 2.05) is 31.2 Å². The van der Waals surface area contributed by atoms with Gasteiger partial charge in [-0.05, 0) is 42.3 Å². The van der Waals surface area contributed by atoms with E-state index in [0.29, 0.717) is 0 Å². The van der Waals surface area contributed by atoms with Gasteiger partial charge in [0, 0.05) is 11.6 Å². The lowest BCUT2D eigenvalue weighted by molar-refractivity contribution is 0.483. The monoisotopic (exact) mass is 235 g/mol. The van der Waals surface area contributed by atoms with E-state index in [4.69, 9.17) is 16.0 Å². The van der Waals surface area contributed by atoms with E-state index in [1.54, 1.807) is 6.26 Å². The van der Waals surface area contributed by atoms with Crippen LogP contribution in [-0.2, 0) is 13.1 Å². The molecule has 0 aliphatic carbocycles. The number of hydrogen-bond donors (Lipinski definition) is 1. The zero-order valence-corrected chi connectivity index (χ0v) is 9.92. The first kappa shape index (κ1) is 11.2. The Kier molecular flexibility index (Phi) is 3.65. The predicted molar refractivity (Wildman–Crippen MR) is 65.4 cm³/mol. The lowest BCUT2D eigenvalue weighted by Crippen LogP contribution is -2.12. The van der Waals surface area contributed by atoms with Gasteiger partial charge in [-0.2, -0.15) is 0 Å². The van der Waals surface area contributed by atoms with Crippen LogP contribution < -0.4 is 5.32 Å². The number of rotatable bonds is 4. The summed E-state index contributed by atoms with van der Waals surface area (Å²) >= 11 is 5.98. The number of hydrogen-bond acceptors (Lipinski definition) is 2. The molecule has 1 heterocycles. The van der Waals surface area contributed by atoms with Crippen molar-refractivity contribution in [2.24, 2.45) is 0 Å². The highest BCUT2D eigenvalue weighted by atomic mass is 35.5. The number of furan rings is 1. The lowest BCUT2D eigenvalue weighted by atomic mass is 10.1. The summed E-state index contributed by atoms with van der Waals surface area (Å²) in [6.07, 6.45) is 1.68. The molecular formula is C13H14ClNO. The largest absolute Gasteiger partial charge is 0.468 e. The maximum atomic E-state index is 5.98. The number of halogens is 1. The molecule has 0 bridgehead atoms. The fourth-order valence-electron chi connectivity index (χ4n) is 1.66. The Morgan fingerprint density at radius 3 is 2.81 bits per heavy atom. The molecule has 1 aromatic carbocycles. The zero-order chi connectivity index (χ0) is 11.4. The predicted octanol–water partition coefficient (Wildman–Crippen LogP) is 3.53. The average Bonchev–Trinajstić information content (AvgIpc) is 2.69. The molecule has 0 saturated carbocycles. The van der Waals surface area contributed by atoms with Crippen molar-refractivity contribution >= 4 is 11.6 Å². The molecule has 3 heteroatoms. The Hall–Kier alpha value is -1.25. The molecule has 0 fully saturated rings. The first-order valence-electron chi connectivity index (χ1n) is 5.23. The van der Waals surface area contributed by atoms with Crippen LogP contribution in [0.5, 0.6) is 0 Å². The molecule has 0 atom stereocenters. The Morgan fingerprint density at radius 1 is 1.25 bits per heavy atom. The van der Waals surface area contributed by atoms with Gasteiger partial charge in [-0.25, -0.2) is 0 Å². The standard InChI is InChI=1S/C13H14ClNO/c1-10-5-11(7-12(14)6-10)8-15-9-13-3-2-4-16-13/h2-7,15H,8-9H2,1H3. The third kappa shape index (κ3) is 3.12. The highest BCUT2D eigenvalue weighted by molar-refractivity contribution is 6.30. The summed E-state index contributed by atoms with van der Waals surface area (Å²) in [5, 5.41) is 4.09. The van der Waals surface area contributed by atoms with E-state index in [1.165, 1.54) is 11.1 Å². The van der Waals surface area contributed by atoms with Gasteiger partial charge < -0.3 is 9.73 Å². The smallest absolute Gasteiger partial charge is 0.117 e. The van der Waals surface area contributed by atoms with Gasteiger partial charge in [-0.1, -0.05) is 17.7 Å². The lowest BCUT2D eigenvalue weighted by Gasteiger charge is -2.05. The minimum absolute atomic E-state index is 0.735. The second-order valence-electron chi connectivity index (χ2n) is 3.82. The maximum Gasteiger partial charge on any atom is 0.117 e. The molecule has 1 N–H and O–H groups in total. The average molecular weight is 236 g/mol. The zero-order valence-electron chi connectivity index (χ0n) is 9.16. The number of benzene rings is 1. The fourth-order valence-corrected chi connectivity index (χ4v) is 1.97. The summed E-state index contributed by atoms with van der Waals surface area (Å²) in [4.78, 5) is 0. The minimum atomic E-state index is 0.735. The van der Waals surface area contributed by atoms with Crippen LogP contribution in [0, 0.1) is 6.92 Å². The fraction of sp³-hybridized carbons (Fsp3) is 0.231. The molecule has 84 valence electrons. The van der Waals surface area contributed by atoms with Crippen LogP contribution in [-0.4, -0.2) is 0 Å². The van der Waals surface area contributed by atoms with Crippen LogP contribution in [0.3, 0.4) is 0 Å². The molecule has 16 heavy (non-hydrogen) atoms. The van der Waals surface area contributed by atoms with E-state index in [9.17, 15) is 0 Å². The van der Waals surface area contributed by atoms with Crippen molar-refractivity contribution in [1.82, 2.24) is 5.32 Å². The second kappa shape index (κ2) is 5.19. The van der Waals surface area contributed by atoms with E-state index in [0.717, 1.165) is 23.9 Å². The van der Waals surface area contributed by atoms with Crippen molar-refractivity contribution in [3.63, 3.8) is 0 Å². The first-order valence-corrected chi connectivity index (χ1v) is 5.61. The number of nitrogens with one attached hydrogen (secondary N) is 1. The van der Waals surface area contributed by atoms with Gasteiger partial charge in [0.2, 0.25) is 0 Å². The summed E-state index contributed by atoms with van der Waals surface area (Å²) in [5.41, 5.74) is 2.37. The summed E-state index contributed by atoms with van der Waals surface area (Å²) in [7, 11) is 0. The first-order chi connectivity index (χ1) is 7.74. The maximum absolute atomic E-state index is 5.98. The van der Waals surface area contributed by atoms with Crippen molar-refractivity contribution in [1.29, 1.82) is 0 Å². The molecular weight excluding hydrogens is 222 g/mol. The Morgan fingerprint density at radius 2 is 2.12 bits per heavy atom. The molecule has 2 aromatic rings. The van der Waals surface area contributed by atoms with Gasteiger partial charge in [0.05, 0.1) is 12.8 Å². The van der Waals surface area contributed by atoms with Crippen LogP contribution in [0.1, 0.15) is 16.9 Å². The summed E-state index contributed by atoms with van der Waals surface area (Å²) in [6, 6.07) is 9.90. The highest BCUT2D eigenvalue weighted by Crippen LogP contribution is 2.14. The van der Waals surface area contributed by atoms with Crippen LogP contribution in [0.15, 0.2) is 41.0 Å². The molecule has 0 aliphatic heterocycles. The topological polar surface area (TPSA) is 25.2 Å². The Bertz CT molecular complexity index is 431. The van der Waals surface area contributed by atoms with E-state index in [2.05, 4.69) is 11.4 Å². The van der Waals surface area contributed by atoms with Crippen LogP contribution in [0.25, 0.3) is 0 Å². The Balaban J connectivity index is 1.89. The van der Waals surface area contributed by atoms with E-state index in [-0.39, 0.29) is 0 Å². The van der Waals surface area contributed by atoms with Gasteiger partial charge in [-0.3, -0.25) is 0 Å². The van der Waals surface area contributed by atoms with Crippen LogP contribution in [0.4, 0.5) is 0 Å². The van der Waals surface area contributed by atoms with E-state index >= 15 is 0 Å². The van der Waals surface area contributed by atoms with Crippen molar-refractivity contribution in [3.8, 4) is 0 Å². The van der Waals surface area contributed by atoms with Crippen molar-refractivity contribution in [2.75, 3.05) is 0 Å². The van der Waals surface area contributed by atoms with Gasteiger partial charge in [0.25, 0.3) is 0 Å². The third-order valence-electron chi connectivity index (χ3n) is 2.31. The minimum Gasteiger partial charge on any atom is -0.468 e. The molecule has 0 saturated heterocycles. The van der Waals surface area contributed by atoms with E-state index < -0.39 is 0 Å². The van der Waals surface area contributed by atoms with Gasteiger partial charge in [-0.15, -0.1) is 0 Å². The molecule has 0 aliphatic rings. The highest BCUT2D eigenvalue weighted by Gasteiger charge is 1.98. The SMILES string of the molecule is Cc1cc(Cl)cc(CNCc2ccco2)c1. The molecule has 2 nitrogen and oxygen atoms in total. The van der Waals surface area contributed by atoms with Gasteiger partial charge >= 0.3 is 0 Å². The van der Waals surface area contributed by atoms with Crippen LogP contribution >= 0.6 is 11.6 Å². The normalized spacial score (nSPS) is 10.6. The summed E-state index contributed by atoms with van der Waals surface area (Å²) in [6.45, 7) is 3.57. The summed E-state index contributed by atoms with van der Waals surface area (Å²) in [5.74, 6) is 0.943. The van der Waals surface area contributed by atoms with Crippen molar-refractivity contribution in [2.45, 2.75) is 20.0 Å². The third-order valence-corrected chi connectivity index (χ3v) is 2.53.